The summed E-state index contributed by atoms with van der Waals surface area (Å²) in [7, 11) is 3.85. The van der Waals surface area contributed by atoms with Crippen LogP contribution in [0.2, 0.25) is 0 Å². The third-order valence-electron chi connectivity index (χ3n) is 4.31. The van der Waals surface area contributed by atoms with Gasteiger partial charge in [-0.15, -0.1) is 0 Å². The first-order valence-electron chi connectivity index (χ1n) is 9.17. The predicted octanol–water partition coefficient (Wildman–Crippen LogP) is 2.65. The minimum atomic E-state index is -0.782. The van der Waals surface area contributed by atoms with Crippen molar-refractivity contribution < 1.29 is 19.2 Å². The van der Waals surface area contributed by atoms with Gasteiger partial charge in [-0.1, -0.05) is 28.0 Å². The fourth-order valence-corrected chi connectivity index (χ4v) is 5.55. The zero-order valence-electron chi connectivity index (χ0n) is 15.8. The third kappa shape index (κ3) is 9.62. The maximum absolute atomic E-state index is 12.3. The van der Waals surface area contributed by atoms with E-state index in [1.807, 2.05) is 21.6 Å². The largest absolute Gasteiger partial charge is 0.345 e. The lowest BCUT2D eigenvalue weighted by molar-refractivity contribution is -0.131. The summed E-state index contributed by atoms with van der Waals surface area (Å²) in [5, 5.41) is 6.01. The van der Waals surface area contributed by atoms with Gasteiger partial charge in [-0.2, -0.15) is 0 Å². The molecule has 2 amide bonds. The molecule has 1 saturated heterocycles. The summed E-state index contributed by atoms with van der Waals surface area (Å²) >= 11 is 0. The molecule has 0 spiro atoms. The monoisotopic (exact) mass is 402 g/mol. The molecule has 0 aromatic carbocycles. The standard InChI is InChI=1S/C18H30N2O4S2/c1-12(21)8-9-16(18(24)19-13(2)14(3)22)20-17(23)7-5-4-6-15-10-11-25-26-15/h13,15-16H,4-11H2,1-3H3,(H,19,24)(H,20,23)/t13-,15-,16+/m1/s1. The third-order valence-corrected chi connectivity index (χ3v) is 7.32. The number of nitrogens with one attached hydrogen (secondary N) is 2. The summed E-state index contributed by atoms with van der Waals surface area (Å²) in [6.45, 7) is 4.45. The Hall–Kier alpha value is -1.02. The maximum atomic E-state index is 12.3. The molecule has 0 aromatic heterocycles. The van der Waals surface area contributed by atoms with Gasteiger partial charge in [-0.3, -0.25) is 14.4 Å². The Morgan fingerprint density at radius 1 is 1.08 bits per heavy atom. The van der Waals surface area contributed by atoms with Crippen molar-refractivity contribution in [2.24, 2.45) is 0 Å². The van der Waals surface area contributed by atoms with E-state index in [0.717, 1.165) is 19.3 Å². The Labute approximate surface area is 163 Å². The highest BCUT2D eigenvalue weighted by molar-refractivity contribution is 8.77. The molecule has 148 valence electrons. The van der Waals surface area contributed by atoms with Gasteiger partial charge in [0, 0.05) is 23.8 Å². The Morgan fingerprint density at radius 3 is 2.38 bits per heavy atom. The molecule has 1 aliphatic rings. The molecule has 1 rings (SSSR count). The van der Waals surface area contributed by atoms with Crippen LogP contribution in [0, 0.1) is 0 Å². The van der Waals surface area contributed by atoms with Crippen LogP contribution >= 0.6 is 21.6 Å². The number of carbonyl (C=O) groups excluding carboxylic acids is 4. The molecule has 8 heteroatoms. The number of hydrogen-bond donors (Lipinski definition) is 2. The van der Waals surface area contributed by atoms with E-state index in [2.05, 4.69) is 10.6 Å². The smallest absolute Gasteiger partial charge is 0.243 e. The van der Waals surface area contributed by atoms with Crippen molar-refractivity contribution in [3.05, 3.63) is 0 Å². The molecule has 0 aromatic rings. The quantitative estimate of drug-likeness (QED) is 0.385. The van der Waals surface area contributed by atoms with Crippen LogP contribution in [-0.2, 0) is 19.2 Å². The highest BCUT2D eigenvalue weighted by Crippen LogP contribution is 2.39. The van der Waals surface area contributed by atoms with Gasteiger partial charge in [-0.05, 0) is 46.5 Å². The molecule has 1 heterocycles. The van der Waals surface area contributed by atoms with Crippen LogP contribution < -0.4 is 10.6 Å². The average molecular weight is 403 g/mol. The number of hydrogen-bond acceptors (Lipinski definition) is 6. The topological polar surface area (TPSA) is 92.3 Å². The molecule has 0 bridgehead atoms. The number of ketones is 2. The SMILES string of the molecule is CC(=O)CC[C@H](NC(=O)CCCC[C@@H]1CCSS1)C(=O)N[C@H](C)C(C)=O. The summed E-state index contributed by atoms with van der Waals surface area (Å²) in [5.41, 5.74) is 0. The van der Waals surface area contributed by atoms with Crippen LogP contribution in [0.25, 0.3) is 0 Å². The highest BCUT2D eigenvalue weighted by Gasteiger charge is 2.23. The van der Waals surface area contributed by atoms with Crippen molar-refractivity contribution in [3.8, 4) is 0 Å². The molecule has 0 aliphatic carbocycles. The van der Waals surface area contributed by atoms with Crippen molar-refractivity contribution in [2.45, 2.75) is 83.1 Å². The van der Waals surface area contributed by atoms with E-state index in [4.69, 9.17) is 0 Å². The van der Waals surface area contributed by atoms with Crippen LogP contribution in [0.15, 0.2) is 0 Å². The van der Waals surface area contributed by atoms with E-state index in [1.165, 1.54) is 26.0 Å². The van der Waals surface area contributed by atoms with Crippen LogP contribution in [0.1, 0.15) is 65.7 Å². The first-order valence-corrected chi connectivity index (χ1v) is 11.6. The molecule has 6 nitrogen and oxygen atoms in total. The second-order valence-electron chi connectivity index (χ2n) is 6.78. The molecule has 1 aliphatic heterocycles. The lowest BCUT2D eigenvalue weighted by Gasteiger charge is -2.20. The second-order valence-corrected chi connectivity index (χ2v) is 9.56. The molecule has 0 radical (unpaired) electrons. The first-order chi connectivity index (χ1) is 12.3. The van der Waals surface area contributed by atoms with E-state index < -0.39 is 18.0 Å². The van der Waals surface area contributed by atoms with Gasteiger partial charge >= 0.3 is 0 Å². The normalized spacial score (nSPS) is 18.8. The maximum Gasteiger partial charge on any atom is 0.243 e. The zero-order chi connectivity index (χ0) is 19.5. The summed E-state index contributed by atoms with van der Waals surface area (Å²) in [6.07, 6.45) is 4.97. The number of Topliss-reactive ketones (excluding diaryl/α,β-unsaturated/α-hetero) is 2. The number of unbranched alkanes of at least 4 members (excludes halogenated alkanes) is 1. The fraction of sp³-hybridized carbons (Fsp3) is 0.778. The molecular formula is C18H30N2O4S2. The molecule has 26 heavy (non-hydrogen) atoms. The van der Waals surface area contributed by atoms with Crippen LogP contribution in [0.5, 0.6) is 0 Å². The molecule has 2 N–H and O–H groups in total. The number of amides is 2. The van der Waals surface area contributed by atoms with Crippen LogP contribution in [0.4, 0.5) is 0 Å². The van der Waals surface area contributed by atoms with Gasteiger partial charge < -0.3 is 15.4 Å². The summed E-state index contributed by atoms with van der Waals surface area (Å²) in [6, 6.07) is -1.39. The molecular weight excluding hydrogens is 372 g/mol. The minimum absolute atomic E-state index is 0.0383. The van der Waals surface area contributed by atoms with Gasteiger partial charge in [0.15, 0.2) is 5.78 Å². The van der Waals surface area contributed by atoms with Gasteiger partial charge in [0.2, 0.25) is 11.8 Å². The zero-order valence-corrected chi connectivity index (χ0v) is 17.5. The van der Waals surface area contributed by atoms with Gasteiger partial charge in [0.05, 0.1) is 6.04 Å². The summed E-state index contributed by atoms with van der Waals surface area (Å²) in [5.74, 6) is 0.419. The first kappa shape index (κ1) is 23.0. The summed E-state index contributed by atoms with van der Waals surface area (Å²) in [4.78, 5) is 47.0. The van der Waals surface area contributed by atoms with Crippen LogP contribution in [-0.4, -0.2) is 46.5 Å². The Morgan fingerprint density at radius 2 is 1.81 bits per heavy atom. The highest BCUT2D eigenvalue weighted by atomic mass is 33.1. The Bertz CT molecular complexity index is 507. The van der Waals surface area contributed by atoms with Crippen molar-refractivity contribution in [1.29, 1.82) is 0 Å². The molecule has 1 fully saturated rings. The molecule has 0 unspecified atom stereocenters. The van der Waals surface area contributed by atoms with Gasteiger partial charge in [-0.25, -0.2) is 0 Å². The molecule has 0 saturated carbocycles. The average Bonchev–Trinajstić information content (AvgIpc) is 3.08. The van der Waals surface area contributed by atoms with Crippen LogP contribution in [0.3, 0.4) is 0 Å². The Kier molecular flexibility index (Phi) is 11.0. The van der Waals surface area contributed by atoms with Crippen molar-refractivity contribution >= 4 is 45.0 Å². The molecule has 3 atom stereocenters. The number of rotatable bonds is 12. The minimum Gasteiger partial charge on any atom is -0.345 e. The lowest BCUT2D eigenvalue weighted by Crippen LogP contribution is -2.50. The van der Waals surface area contributed by atoms with E-state index in [0.29, 0.717) is 11.7 Å². The second kappa shape index (κ2) is 12.4. The van der Waals surface area contributed by atoms with Crippen molar-refractivity contribution in [1.82, 2.24) is 10.6 Å². The van der Waals surface area contributed by atoms with E-state index >= 15 is 0 Å². The van der Waals surface area contributed by atoms with E-state index in [9.17, 15) is 19.2 Å². The predicted molar refractivity (Wildman–Crippen MR) is 107 cm³/mol. The summed E-state index contributed by atoms with van der Waals surface area (Å²) < 4.78 is 0. The Balaban J connectivity index is 2.41. The van der Waals surface area contributed by atoms with E-state index in [-0.39, 0.29) is 30.3 Å². The van der Waals surface area contributed by atoms with Crippen molar-refractivity contribution in [2.75, 3.05) is 5.75 Å². The van der Waals surface area contributed by atoms with Gasteiger partial charge in [0.1, 0.15) is 11.8 Å². The number of carbonyl (C=O) groups is 4. The van der Waals surface area contributed by atoms with Crippen molar-refractivity contribution in [3.63, 3.8) is 0 Å². The lowest BCUT2D eigenvalue weighted by atomic mass is 10.1. The van der Waals surface area contributed by atoms with E-state index in [1.54, 1.807) is 6.92 Å². The van der Waals surface area contributed by atoms with Gasteiger partial charge in [0.25, 0.3) is 0 Å². The fourth-order valence-electron chi connectivity index (χ4n) is 2.52.